The van der Waals surface area contributed by atoms with Crippen LogP contribution in [0.4, 0.5) is 4.79 Å². The Morgan fingerprint density at radius 1 is 1.35 bits per heavy atom. The molecule has 1 amide bonds. The monoisotopic (exact) mass is 275 g/mol. The molecule has 0 bridgehead atoms. The van der Waals surface area contributed by atoms with E-state index in [1.165, 1.54) is 5.56 Å². The molecule has 0 radical (unpaired) electrons. The van der Waals surface area contributed by atoms with E-state index in [1.54, 1.807) is 11.7 Å². The van der Waals surface area contributed by atoms with Crippen LogP contribution in [0.2, 0.25) is 6.82 Å². The molecule has 1 aromatic rings. The summed E-state index contributed by atoms with van der Waals surface area (Å²) in [7, 11) is 0. The normalized spacial score (nSPS) is 14.8. The molecule has 1 aliphatic rings. The summed E-state index contributed by atoms with van der Waals surface area (Å²) in [5, 5.41) is 9.65. The van der Waals surface area contributed by atoms with Crippen LogP contribution in [0.25, 0.3) is 0 Å². The molecular formula is C15H22BNO3. The molecule has 0 unspecified atom stereocenters. The molecule has 4 nitrogen and oxygen atoms in total. The van der Waals surface area contributed by atoms with Crippen LogP contribution in [0.3, 0.4) is 0 Å². The Labute approximate surface area is 120 Å². The van der Waals surface area contributed by atoms with E-state index in [1.807, 2.05) is 39.0 Å². The summed E-state index contributed by atoms with van der Waals surface area (Å²) >= 11 is 0. The molecule has 0 fully saturated rings. The maximum atomic E-state index is 12.1. The van der Waals surface area contributed by atoms with E-state index in [4.69, 9.17) is 4.74 Å². The quantitative estimate of drug-likeness (QED) is 0.795. The summed E-state index contributed by atoms with van der Waals surface area (Å²) in [6.45, 7) is 8.09. The summed E-state index contributed by atoms with van der Waals surface area (Å²) < 4.78 is 5.41. The standard InChI is InChI=1S/C15H22BNO3/c1-15(2,3)20-14(18)17-8-7-11-5-6-13(16(4)19)9-12(11)10-17/h5-6,9,19H,7-8,10H2,1-4H3. The summed E-state index contributed by atoms with van der Waals surface area (Å²) in [5.74, 6) is 0. The van der Waals surface area contributed by atoms with Crippen molar-refractivity contribution in [2.24, 2.45) is 0 Å². The number of rotatable bonds is 1. The van der Waals surface area contributed by atoms with E-state index in [0.717, 1.165) is 17.4 Å². The Bertz CT molecular complexity index is 508. The summed E-state index contributed by atoms with van der Waals surface area (Å²) in [5.41, 5.74) is 2.75. The van der Waals surface area contributed by atoms with E-state index in [9.17, 15) is 9.82 Å². The summed E-state index contributed by atoms with van der Waals surface area (Å²) in [6, 6.07) is 5.98. The number of amides is 1. The molecule has 1 aromatic carbocycles. The van der Waals surface area contributed by atoms with Gasteiger partial charge in [-0.2, -0.15) is 0 Å². The highest BCUT2D eigenvalue weighted by Crippen LogP contribution is 2.20. The van der Waals surface area contributed by atoms with Crippen molar-refractivity contribution in [3.05, 3.63) is 29.3 Å². The van der Waals surface area contributed by atoms with E-state index in [2.05, 4.69) is 0 Å². The van der Waals surface area contributed by atoms with Crippen LogP contribution in [0, 0.1) is 0 Å². The lowest BCUT2D eigenvalue weighted by Crippen LogP contribution is -2.40. The molecule has 0 atom stereocenters. The molecule has 20 heavy (non-hydrogen) atoms. The average Bonchev–Trinajstić information content (AvgIpc) is 2.35. The first-order chi connectivity index (χ1) is 9.26. The van der Waals surface area contributed by atoms with E-state index < -0.39 is 12.5 Å². The van der Waals surface area contributed by atoms with Gasteiger partial charge < -0.3 is 14.7 Å². The molecule has 1 aliphatic heterocycles. The number of fused-ring (bicyclic) bond motifs is 1. The smallest absolute Gasteiger partial charge is 0.410 e. The maximum Gasteiger partial charge on any atom is 0.410 e. The largest absolute Gasteiger partial charge is 0.447 e. The fourth-order valence-electron chi connectivity index (χ4n) is 2.32. The van der Waals surface area contributed by atoms with Crippen molar-refractivity contribution in [2.45, 2.75) is 46.2 Å². The highest BCUT2D eigenvalue weighted by molar-refractivity contribution is 6.64. The molecule has 0 aromatic heterocycles. The second kappa shape index (κ2) is 5.48. The van der Waals surface area contributed by atoms with Crippen LogP contribution in [0.15, 0.2) is 18.2 Å². The predicted octanol–water partition coefficient (Wildman–Crippen LogP) is 1.80. The van der Waals surface area contributed by atoms with Gasteiger partial charge in [-0.05, 0) is 43.8 Å². The van der Waals surface area contributed by atoms with Crippen molar-refractivity contribution < 1.29 is 14.6 Å². The highest BCUT2D eigenvalue weighted by atomic mass is 16.6. The first kappa shape index (κ1) is 14.9. The molecule has 2 rings (SSSR count). The lowest BCUT2D eigenvalue weighted by atomic mass is 9.64. The molecular weight excluding hydrogens is 253 g/mol. The van der Waals surface area contributed by atoms with Crippen molar-refractivity contribution in [3.63, 3.8) is 0 Å². The third-order valence-electron chi connectivity index (χ3n) is 3.38. The first-order valence-corrected chi connectivity index (χ1v) is 7.04. The number of carbonyl (C=O) groups is 1. The van der Waals surface area contributed by atoms with Gasteiger partial charge in [0, 0.05) is 13.1 Å². The Kier molecular flexibility index (Phi) is 4.09. The van der Waals surface area contributed by atoms with Crippen molar-refractivity contribution >= 4 is 18.5 Å². The lowest BCUT2D eigenvalue weighted by Gasteiger charge is -2.31. The van der Waals surface area contributed by atoms with Crippen molar-refractivity contribution in [3.8, 4) is 0 Å². The zero-order valence-corrected chi connectivity index (χ0v) is 12.6. The van der Waals surface area contributed by atoms with Crippen LogP contribution in [0.5, 0.6) is 0 Å². The van der Waals surface area contributed by atoms with Crippen LogP contribution < -0.4 is 5.46 Å². The minimum atomic E-state index is -0.489. The van der Waals surface area contributed by atoms with Gasteiger partial charge in [0.1, 0.15) is 5.60 Å². The third-order valence-corrected chi connectivity index (χ3v) is 3.38. The zero-order chi connectivity index (χ0) is 14.9. The minimum Gasteiger partial charge on any atom is -0.447 e. The molecule has 1 heterocycles. The van der Waals surface area contributed by atoms with Gasteiger partial charge in [-0.25, -0.2) is 4.79 Å². The van der Waals surface area contributed by atoms with Gasteiger partial charge in [0.05, 0.1) is 0 Å². The lowest BCUT2D eigenvalue weighted by molar-refractivity contribution is 0.0224. The zero-order valence-electron chi connectivity index (χ0n) is 12.6. The summed E-state index contributed by atoms with van der Waals surface area (Å²) in [4.78, 5) is 13.8. The number of nitrogens with zero attached hydrogens (tertiary/aromatic N) is 1. The number of hydrogen-bond acceptors (Lipinski definition) is 3. The van der Waals surface area contributed by atoms with Gasteiger partial charge >= 0.3 is 13.0 Å². The van der Waals surface area contributed by atoms with Crippen LogP contribution in [-0.4, -0.2) is 35.1 Å². The molecule has 0 aliphatic carbocycles. The van der Waals surface area contributed by atoms with Gasteiger partial charge in [-0.1, -0.05) is 25.0 Å². The second-order valence-corrected chi connectivity index (χ2v) is 6.36. The summed E-state index contributed by atoms with van der Waals surface area (Å²) in [6.07, 6.45) is 0.555. The predicted molar refractivity (Wildman–Crippen MR) is 80.3 cm³/mol. The number of benzene rings is 1. The third kappa shape index (κ3) is 3.54. The van der Waals surface area contributed by atoms with Gasteiger partial charge in [0.15, 0.2) is 0 Å². The fourth-order valence-corrected chi connectivity index (χ4v) is 2.32. The SMILES string of the molecule is CB(O)c1ccc2c(c1)CN(C(=O)OC(C)(C)C)CC2. The van der Waals surface area contributed by atoms with Gasteiger partial charge in [0.2, 0.25) is 0 Å². The molecule has 0 spiro atoms. The second-order valence-electron chi connectivity index (χ2n) is 6.36. The van der Waals surface area contributed by atoms with Crippen molar-refractivity contribution in [2.75, 3.05) is 6.54 Å². The van der Waals surface area contributed by atoms with Crippen molar-refractivity contribution in [1.82, 2.24) is 4.90 Å². The Morgan fingerprint density at radius 2 is 2.05 bits per heavy atom. The highest BCUT2D eigenvalue weighted by Gasteiger charge is 2.26. The molecule has 1 N–H and O–H groups in total. The number of ether oxygens (including phenoxy) is 1. The molecule has 0 saturated heterocycles. The van der Waals surface area contributed by atoms with Gasteiger partial charge in [-0.3, -0.25) is 0 Å². The van der Waals surface area contributed by atoms with Gasteiger partial charge in [0.25, 0.3) is 0 Å². The number of hydrogen-bond donors (Lipinski definition) is 1. The van der Waals surface area contributed by atoms with Crippen LogP contribution in [0.1, 0.15) is 31.9 Å². The minimum absolute atomic E-state index is 0.273. The molecule has 108 valence electrons. The van der Waals surface area contributed by atoms with Gasteiger partial charge in [-0.15, -0.1) is 0 Å². The Hall–Kier alpha value is -1.49. The van der Waals surface area contributed by atoms with Crippen LogP contribution in [-0.2, 0) is 17.7 Å². The Morgan fingerprint density at radius 3 is 2.65 bits per heavy atom. The van der Waals surface area contributed by atoms with E-state index in [0.29, 0.717) is 13.1 Å². The fraction of sp³-hybridized carbons (Fsp3) is 0.533. The van der Waals surface area contributed by atoms with E-state index >= 15 is 0 Å². The topological polar surface area (TPSA) is 49.8 Å². The average molecular weight is 275 g/mol. The van der Waals surface area contributed by atoms with E-state index in [-0.39, 0.29) is 6.09 Å². The maximum absolute atomic E-state index is 12.1. The molecule has 0 saturated carbocycles. The van der Waals surface area contributed by atoms with Crippen LogP contribution >= 0.6 is 0 Å². The Balaban J connectivity index is 2.13. The molecule has 5 heteroatoms. The number of carbonyl (C=O) groups excluding carboxylic acids is 1. The van der Waals surface area contributed by atoms with Crippen molar-refractivity contribution in [1.29, 1.82) is 0 Å². The first-order valence-electron chi connectivity index (χ1n) is 7.04.